The largest absolute Gasteiger partial charge is 0.368 e. The van der Waals surface area contributed by atoms with Crippen molar-refractivity contribution in [2.24, 2.45) is 5.73 Å². The van der Waals surface area contributed by atoms with E-state index in [2.05, 4.69) is 0 Å². The molecule has 1 aromatic carbocycles. The second-order valence-corrected chi connectivity index (χ2v) is 4.48. The number of carbonyl (C=O) groups is 2. The Kier molecular flexibility index (Phi) is 3.64. The van der Waals surface area contributed by atoms with Crippen molar-refractivity contribution in [1.29, 1.82) is 0 Å². The van der Waals surface area contributed by atoms with Crippen LogP contribution in [0.3, 0.4) is 0 Å². The molecule has 1 fully saturated rings. The van der Waals surface area contributed by atoms with Gasteiger partial charge in [-0.25, -0.2) is 4.39 Å². The zero-order valence-electron chi connectivity index (χ0n) is 10.4. The Bertz CT molecular complexity index is 590. The smallest absolute Gasteiger partial charge is 0.270 e. The van der Waals surface area contributed by atoms with E-state index in [1.165, 1.54) is 0 Å². The molecule has 20 heavy (non-hydrogen) atoms. The molecule has 1 unspecified atom stereocenters. The third-order valence-corrected chi connectivity index (χ3v) is 3.23. The van der Waals surface area contributed by atoms with Crippen molar-refractivity contribution in [1.82, 2.24) is 4.90 Å². The Morgan fingerprint density at radius 2 is 2.15 bits per heavy atom. The number of benzene rings is 1. The number of hydrogen-bond acceptors (Lipinski definition) is 4. The number of likely N-dealkylation sites (tertiary alicyclic amines) is 1. The van der Waals surface area contributed by atoms with E-state index in [-0.39, 0.29) is 12.2 Å². The molecule has 0 aliphatic carbocycles. The van der Waals surface area contributed by atoms with Crippen LogP contribution in [0.15, 0.2) is 18.2 Å². The van der Waals surface area contributed by atoms with E-state index >= 15 is 0 Å². The summed E-state index contributed by atoms with van der Waals surface area (Å²) in [6.07, 6.45) is 0.994. The monoisotopic (exact) mass is 281 g/mol. The lowest BCUT2D eigenvalue weighted by atomic mass is 10.1. The van der Waals surface area contributed by atoms with Crippen LogP contribution in [0.2, 0.25) is 0 Å². The number of carbonyl (C=O) groups excluding carboxylic acids is 2. The van der Waals surface area contributed by atoms with Crippen LogP contribution in [-0.2, 0) is 4.79 Å². The Morgan fingerprint density at radius 1 is 1.45 bits per heavy atom. The zero-order chi connectivity index (χ0) is 14.9. The van der Waals surface area contributed by atoms with Gasteiger partial charge >= 0.3 is 0 Å². The van der Waals surface area contributed by atoms with Gasteiger partial charge in [0.05, 0.1) is 10.5 Å². The predicted molar refractivity (Wildman–Crippen MR) is 66.3 cm³/mol. The minimum atomic E-state index is -0.865. The molecule has 2 rings (SSSR count). The number of nitro groups is 1. The van der Waals surface area contributed by atoms with Gasteiger partial charge < -0.3 is 10.6 Å². The highest BCUT2D eigenvalue weighted by atomic mass is 19.1. The fraction of sp³-hybridized carbons (Fsp3) is 0.333. The summed E-state index contributed by atoms with van der Waals surface area (Å²) in [6, 6.07) is 1.91. The summed E-state index contributed by atoms with van der Waals surface area (Å²) >= 11 is 0. The van der Waals surface area contributed by atoms with Gasteiger partial charge in [0.15, 0.2) is 0 Å². The molecule has 2 amide bonds. The Balaban J connectivity index is 2.35. The first kappa shape index (κ1) is 13.9. The first-order valence-electron chi connectivity index (χ1n) is 5.96. The highest BCUT2D eigenvalue weighted by molar-refractivity contribution is 5.98. The molecule has 8 heteroatoms. The number of hydrogen-bond donors (Lipinski definition) is 1. The van der Waals surface area contributed by atoms with Gasteiger partial charge in [-0.3, -0.25) is 19.7 Å². The maximum atomic E-state index is 13.7. The Labute approximate surface area is 113 Å². The van der Waals surface area contributed by atoms with E-state index in [1.54, 1.807) is 0 Å². The van der Waals surface area contributed by atoms with E-state index in [9.17, 15) is 24.1 Å². The fourth-order valence-electron chi connectivity index (χ4n) is 2.25. The molecule has 0 saturated carbocycles. The summed E-state index contributed by atoms with van der Waals surface area (Å²) in [4.78, 5) is 34.6. The number of nitrogens with zero attached hydrogens (tertiary/aromatic N) is 2. The van der Waals surface area contributed by atoms with Gasteiger partial charge in [-0.1, -0.05) is 0 Å². The summed E-state index contributed by atoms with van der Waals surface area (Å²) in [6.45, 7) is 0.272. The maximum Gasteiger partial charge on any atom is 0.270 e. The molecule has 7 nitrogen and oxygen atoms in total. The van der Waals surface area contributed by atoms with Crippen molar-refractivity contribution in [2.45, 2.75) is 18.9 Å². The van der Waals surface area contributed by atoms with Crippen molar-refractivity contribution in [3.05, 3.63) is 39.7 Å². The molecule has 1 aliphatic rings. The predicted octanol–water partition coefficient (Wildman–Crippen LogP) is 0.824. The number of rotatable bonds is 3. The van der Waals surface area contributed by atoms with Crippen LogP contribution >= 0.6 is 0 Å². The highest BCUT2D eigenvalue weighted by Crippen LogP contribution is 2.23. The van der Waals surface area contributed by atoms with Crippen LogP contribution < -0.4 is 5.73 Å². The lowest BCUT2D eigenvalue weighted by Gasteiger charge is -2.22. The lowest BCUT2D eigenvalue weighted by Crippen LogP contribution is -2.43. The number of non-ortho nitro benzene ring substituents is 1. The average Bonchev–Trinajstić information content (AvgIpc) is 2.87. The van der Waals surface area contributed by atoms with Crippen molar-refractivity contribution in [3.63, 3.8) is 0 Å². The van der Waals surface area contributed by atoms with E-state index in [0.29, 0.717) is 12.8 Å². The van der Waals surface area contributed by atoms with Gasteiger partial charge in [-0.05, 0) is 18.9 Å². The molecule has 1 saturated heterocycles. The molecular weight excluding hydrogens is 269 g/mol. The minimum Gasteiger partial charge on any atom is -0.368 e. The van der Waals surface area contributed by atoms with E-state index < -0.39 is 34.2 Å². The van der Waals surface area contributed by atoms with Gasteiger partial charge in [0.1, 0.15) is 11.9 Å². The summed E-state index contributed by atoms with van der Waals surface area (Å²) < 4.78 is 13.7. The summed E-state index contributed by atoms with van der Waals surface area (Å²) in [5.41, 5.74) is 4.38. The third-order valence-electron chi connectivity index (χ3n) is 3.23. The second kappa shape index (κ2) is 5.24. The molecule has 1 heterocycles. The third kappa shape index (κ3) is 2.44. The highest BCUT2D eigenvalue weighted by Gasteiger charge is 2.34. The van der Waals surface area contributed by atoms with Crippen molar-refractivity contribution in [3.8, 4) is 0 Å². The second-order valence-electron chi connectivity index (χ2n) is 4.48. The quantitative estimate of drug-likeness (QED) is 0.653. The van der Waals surface area contributed by atoms with Gasteiger partial charge in [0.2, 0.25) is 5.91 Å². The molecule has 0 spiro atoms. The van der Waals surface area contributed by atoms with Crippen molar-refractivity contribution < 1.29 is 18.9 Å². The van der Waals surface area contributed by atoms with E-state index in [4.69, 9.17) is 5.73 Å². The minimum absolute atomic E-state index is 0.272. The maximum absolute atomic E-state index is 13.7. The van der Waals surface area contributed by atoms with Gasteiger partial charge in [0, 0.05) is 18.7 Å². The normalized spacial score (nSPS) is 18.1. The number of nitrogens with two attached hydrogens (primary N) is 1. The van der Waals surface area contributed by atoms with Crippen LogP contribution in [0.5, 0.6) is 0 Å². The average molecular weight is 281 g/mol. The topological polar surface area (TPSA) is 107 Å². The molecular formula is C12H12FN3O4. The summed E-state index contributed by atoms with van der Waals surface area (Å²) in [7, 11) is 0. The fourth-order valence-corrected chi connectivity index (χ4v) is 2.25. The van der Waals surface area contributed by atoms with Gasteiger partial charge in [0.25, 0.3) is 11.6 Å². The summed E-state index contributed by atoms with van der Waals surface area (Å²) in [5.74, 6) is -2.29. The number of amides is 2. The molecule has 0 aromatic heterocycles. The first-order chi connectivity index (χ1) is 9.41. The standard InChI is InChI=1S/C12H12FN3O4/c13-9-4-3-7(16(19)20)6-8(9)12(18)15-5-1-2-10(15)11(14)17/h3-4,6,10H,1-2,5H2,(H2,14,17). The number of halogens is 1. The Hall–Kier alpha value is -2.51. The molecule has 1 aromatic rings. The van der Waals surface area contributed by atoms with Crippen LogP contribution in [0.25, 0.3) is 0 Å². The summed E-state index contributed by atoms with van der Waals surface area (Å²) in [5, 5.41) is 10.7. The van der Waals surface area contributed by atoms with Crippen LogP contribution in [0, 0.1) is 15.9 Å². The molecule has 106 valence electrons. The van der Waals surface area contributed by atoms with Gasteiger partial charge in [-0.15, -0.1) is 0 Å². The SMILES string of the molecule is NC(=O)C1CCCN1C(=O)c1cc([N+](=O)[O-])ccc1F. The molecule has 0 radical (unpaired) electrons. The van der Waals surface area contributed by atoms with Crippen LogP contribution in [-0.4, -0.2) is 34.2 Å². The van der Waals surface area contributed by atoms with Crippen LogP contribution in [0.4, 0.5) is 10.1 Å². The molecule has 2 N–H and O–H groups in total. The molecule has 1 aliphatic heterocycles. The van der Waals surface area contributed by atoms with Crippen molar-refractivity contribution >= 4 is 17.5 Å². The van der Waals surface area contributed by atoms with E-state index in [1.807, 2.05) is 0 Å². The van der Waals surface area contributed by atoms with Crippen LogP contribution in [0.1, 0.15) is 23.2 Å². The molecule has 1 atom stereocenters. The van der Waals surface area contributed by atoms with Crippen molar-refractivity contribution in [2.75, 3.05) is 6.54 Å². The van der Waals surface area contributed by atoms with Gasteiger partial charge in [-0.2, -0.15) is 0 Å². The first-order valence-corrected chi connectivity index (χ1v) is 5.96. The Morgan fingerprint density at radius 3 is 2.75 bits per heavy atom. The molecule has 0 bridgehead atoms. The number of nitro benzene ring substituents is 1. The lowest BCUT2D eigenvalue weighted by molar-refractivity contribution is -0.384. The van der Waals surface area contributed by atoms with E-state index in [0.717, 1.165) is 23.1 Å². The zero-order valence-corrected chi connectivity index (χ0v) is 10.4. The number of primary amides is 1.